The number of hydrogen-bond acceptors (Lipinski definition) is 6. The van der Waals surface area contributed by atoms with Crippen molar-refractivity contribution in [3.05, 3.63) is 23.3 Å². The van der Waals surface area contributed by atoms with E-state index in [0.29, 0.717) is 12.4 Å². The van der Waals surface area contributed by atoms with Crippen LogP contribution in [0.25, 0.3) is 10.9 Å². The lowest BCUT2D eigenvalue weighted by Gasteiger charge is -2.29. The molecule has 1 aromatic heterocycles. The van der Waals surface area contributed by atoms with Crippen LogP contribution in [0, 0.1) is 6.92 Å². The molecule has 1 unspecified atom stereocenters. The van der Waals surface area contributed by atoms with Crippen LogP contribution in [0.3, 0.4) is 0 Å². The van der Waals surface area contributed by atoms with Gasteiger partial charge in [-0.2, -0.15) is 0 Å². The van der Waals surface area contributed by atoms with E-state index in [2.05, 4.69) is 9.88 Å². The van der Waals surface area contributed by atoms with Crippen molar-refractivity contribution in [2.75, 3.05) is 44.0 Å². The number of fused-ring (bicyclic) bond motifs is 1. The summed E-state index contributed by atoms with van der Waals surface area (Å²) in [6.45, 7) is 7.18. The summed E-state index contributed by atoms with van der Waals surface area (Å²) >= 11 is 0. The lowest BCUT2D eigenvalue weighted by atomic mass is 9.99. The standard InChI is InChI=1S/C18H26N4O2/c1-11-9-13(23-3)10-14-16(11)21-18(20)15(12(2)19)17(14)22-5-4-7-24-8-6-22/h9-10,12H,4-8,19H2,1-3H3,(H2,20,21). The Balaban J connectivity index is 2.31. The highest BCUT2D eigenvalue weighted by molar-refractivity contribution is 5.98. The van der Waals surface area contributed by atoms with Gasteiger partial charge in [0.2, 0.25) is 0 Å². The second-order valence-electron chi connectivity index (χ2n) is 6.34. The Morgan fingerprint density at radius 3 is 2.79 bits per heavy atom. The molecule has 0 radical (unpaired) electrons. The first-order valence-corrected chi connectivity index (χ1v) is 8.39. The highest BCUT2D eigenvalue weighted by Crippen LogP contribution is 2.39. The van der Waals surface area contributed by atoms with Gasteiger partial charge in [-0.25, -0.2) is 4.98 Å². The molecule has 0 spiro atoms. The summed E-state index contributed by atoms with van der Waals surface area (Å²) in [5, 5.41) is 1.04. The molecule has 1 fully saturated rings. The van der Waals surface area contributed by atoms with Crippen molar-refractivity contribution in [2.45, 2.75) is 26.3 Å². The predicted octanol–water partition coefficient (Wildman–Crippen LogP) is 2.38. The predicted molar refractivity (Wildman–Crippen MR) is 97.7 cm³/mol. The number of rotatable bonds is 3. The average molecular weight is 330 g/mol. The van der Waals surface area contributed by atoms with Crippen LogP contribution >= 0.6 is 0 Å². The third-order valence-corrected chi connectivity index (χ3v) is 4.52. The van der Waals surface area contributed by atoms with E-state index in [9.17, 15) is 0 Å². The van der Waals surface area contributed by atoms with Crippen LogP contribution in [-0.4, -0.2) is 38.4 Å². The number of ether oxygens (including phenoxy) is 2. The van der Waals surface area contributed by atoms with Gasteiger partial charge < -0.3 is 25.8 Å². The molecule has 1 aliphatic rings. The minimum absolute atomic E-state index is 0.201. The Hall–Kier alpha value is -2.05. The quantitative estimate of drug-likeness (QED) is 0.898. The van der Waals surface area contributed by atoms with Crippen LogP contribution in [0.2, 0.25) is 0 Å². The average Bonchev–Trinajstić information content (AvgIpc) is 2.83. The zero-order valence-electron chi connectivity index (χ0n) is 14.6. The lowest BCUT2D eigenvalue weighted by molar-refractivity contribution is 0.152. The van der Waals surface area contributed by atoms with Crippen molar-refractivity contribution in [1.29, 1.82) is 0 Å². The number of nitrogens with zero attached hydrogens (tertiary/aromatic N) is 2. The number of aromatic nitrogens is 1. The molecule has 6 nitrogen and oxygen atoms in total. The molecule has 4 N–H and O–H groups in total. The second-order valence-corrected chi connectivity index (χ2v) is 6.34. The van der Waals surface area contributed by atoms with E-state index in [-0.39, 0.29) is 6.04 Å². The largest absolute Gasteiger partial charge is 0.497 e. The molecule has 24 heavy (non-hydrogen) atoms. The SMILES string of the molecule is COc1cc(C)c2nc(N)c(C(C)N)c(N3CCCOCC3)c2c1. The summed E-state index contributed by atoms with van der Waals surface area (Å²) in [5.41, 5.74) is 16.5. The fourth-order valence-electron chi connectivity index (χ4n) is 3.40. The van der Waals surface area contributed by atoms with E-state index in [1.807, 2.05) is 26.0 Å². The van der Waals surface area contributed by atoms with Gasteiger partial charge in [0.1, 0.15) is 11.6 Å². The highest BCUT2D eigenvalue weighted by atomic mass is 16.5. The first-order valence-electron chi connectivity index (χ1n) is 8.39. The molecule has 0 bridgehead atoms. The Morgan fingerprint density at radius 1 is 1.29 bits per heavy atom. The van der Waals surface area contributed by atoms with Gasteiger partial charge in [0.25, 0.3) is 0 Å². The van der Waals surface area contributed by atoms with Crippen molar-refractivity contribution >= 4 is 22.4 Å². The van der Waals surface area contributed by atoms with Gasteiger partial charge in [-0.15, -0.1) is 0 Å². The van der Waals surface area contributed by atoms with Crippen molar-refractivity contribution in [2.24, 2.45) is 5.73 Å². The number of benzene rings is 1. The molecule has 3 rings (SSSR count). The normalized spacial score (nSPS) is 16.9. The van der Waals surface area contributed by atoms with Gasteiger partial charge in [0.05, 0.1) is 24.9 Å². The van der Waals surface area contributed by atoms with E-state index >= 15 is 0 Å². The monoisotopic (exact) mass is 330 g/mol. The summed E-state index contributed by atoms with van der Waals surface area (Å²) in [6, 6.07) is 3.81. The first kappa shape index (κ1) is 16.8. The number of hydrogen-bond donors (Lipinski definition) is 2. The summed E-state index contributed by atoms with van der Waals surface area (Å²) in [7, 11) is 1.68. The molecule has 1 aliphatic heterocycles. The maximum atomic E-state index is 6.29. The van der Waals surface area contributed by atoms with Gasteiger partial charge in [-0.05, 0) is 38.0 Å². The van der Waals surface area contributed by atoms with Crippen LogP contribution in [0.5, 0.6) is 5.75 Å². The van der Waals surface area contributed by atoms with Gasteiger partial charge in [-0.1, -0.05) is 0 Å². The molecule has 130 valence electrons. The number of methoxy groups -OCH3 is 1. The van der Waals surface area contributed by atoms with Crippen LogP contribution in [0.15, 0.2) is 12.1 Å². The van der Waals surface area contributed by atoms with Crippen molar-refractivity contribution in [3.8, 4) is 5.75 Å². The fourth-order valence-corrected chi connectivity index (χ4v) is 3.40. The summed E-state index contributed by atoms with van der Waals surface area (Å²) in [6.07, 6.45) is 0.977. The van der Waals surface area contributed by atoms with Gasteiger partial charge >= 0.3 is 0 Å². The Bertz CT molecular complexity index is 738. The molecule has 0 saturated carbocycles. The van der Waals surface area contributed by atoms with Crippen LogP contribution < -0.4 is 21.1 Å². The zero-order chi connectivity index (χ0) is 17.3. The lowest BCUT2D eigenvalue weighted by Crippen LogP contribution is -2.29. The smallest absolute Gasteiger partial charge is 0.130 e. The van der Waals surface area contributed by atoms with Crippen LogP contribution in [-0.2, 0) is 4.74 Å². The Labute approximate surface area is 142 Å². The number of nitrogens with two attached hydrogens (primary N) is 2. The van der Waals surface area contributed by atoms with E-state index in [0.717, 1.165) is 59.6 Å². The molecule has 1 aromatic carbocycles. The minimum Gasteiger partial charge on any atom is -0.497 e. The number of nitrogen functional groups attached to an aromatic ring is 1. The fraction of sp³-hybridized carbons (Fsp3) is 0.500. The topological polar surface area (TPSA) is 86.6 Å². The molecule has 6 heteroatoms. The number of anilines is 2. The maximum Gasteiger partial charge on any atom is 0.130 e. The molecule has 0 amide bonds. The summed E-state index contributed by atoms with van der Waals surface area (Å²) in [5.74, 6) is 1.32. The zero-order valence-corrected chi connectivity index (χ0v) is 14.6. The molecule has 0 aliphatic carbocycles. The summed E-state index contributed by atoms with van der Waals surface area (Å²) in [4.78, 5) is 6.96. The second kappa shape index (κ2) is 6.83. The van der Waals surface area contributed by atoms with Gasteiger partial charge in [-0.3, -0.25) is 0 Å². The molecule has 2 heterocycles. The molecular formula is C18H26N4O2. The third-order valence-electron chi connectivity index (χ3n) is 4.52. The third kappa shape index (κ3) is 2.99. The van der Waals surface area contributed by atoms with Gasteiger partial charge in [0.15, 0.2) is 0 Å². The molecule has 2 aromatic rings. The van der Waals surface area contributed by atoms with Gasteiger partial charge in [0, 0.05) is 36.7 Å². The van der Waals surface area contributed by atoms with Crippen molar-refractivity contribution in [3.63, 3.8) is 0 Å². The van der Waals surface area contributed by atoms with E-state index < -0.39 is 0 Å². The Kier molecular flexibility index (Phi) is 4.78. The van der Waals surface area contributed by atoms with E-state index in [1.54, 1.807) is 7.11 Å². The number of pyridine rings is 1. The minimum atomic E-state index is -0.201. The number of aryl methyl sites for hydroxylation is 1. The van der Waals surface area contributed by atoms with Crippen molar-refractivity contribution < 1.29 is 9.47 Å². The van der Waals surface area contributed by atoms with Crippen molar-refractivity contribution in [1.82, 2.24) is 4.98 Å². The highest BCUT2D eigenvalue weighted by Gasteiger charge is 2.23. The summed E-state index contributed by atoms with van der Waals surface area (Å²) < 4.78 is 11.1. The molecular weight excluding hydrogens is 304 g/mol. The molecule has 1 saturated heterocycles. The van der Waals surface area contributed by atoms with Crippen LogP contribution in [0.4, 0.5) is 11.5 Å². The first-order chi connectivity index (χ1) is 11.5. The molecule has 1 atom stereocenters. The Morgan fingerprint density at radius 2 is 2.08 bits per heavy atom. The van der Waals surface area contributed by atoms with Crippen LogP contribution in [0.1, 0.15) is 30.5 Å². The van der Waals surface area contributed by atoms with E-state index in [4.69, 9.17) is 20.9 Å². The van der Waals surface area contributed by atoms with E-state index in [1.165, 1.54) is 0 Å². The maximum absolute atomic E-state index is 6.29.